The minimum Gasteiger partial charge on any atom is -0.497 e. The molecular weight excluding hydrogens is 464 g/mol. The third-order valence-corrected chi connectivity index (χ3v) is 8.00. The van der Waals surface area contributed by atoms with E-state index in [-0.39, 0.29) is 16.6 Å². The number of amides is 1. The van der Waals surface area contributed by atoms with Gasteiger partial charge in [0, 0.05) is 18.8 Å². The third kappa shape index (κ3) is 5.70. The van der Waals surface area contributed by atoms with Crippen LogP contribution in [0.2, 0.25) is 0 Å². The zero-order valence-corrected chi connectivity index (χ0v) is 20.5. The predicted molar refractivity (Wildman–Crippen MR) is 126 cm³/mol. The summed E-state index contributed by atoms with van der Waals surface area (Å²) in [4.78, 5) is 12.7. The lowest BCUT2D eigenvalue weighted by Crippen LogP contribution is -2.31. The smallest absolute Gasteiger partial charge is 0.243 e. The number of sulfonamides is 1. The zero-order valence-electron chi connectivity index (χ0n) is 18.8. The first kappa shape index (κ1) is 24.7. The maximum atomic E-state index is 12.9. The van der Waals surface area contributed by atoms with E-state index in [4.69, 9.17) is 4.74 Å². The molecule has 0 fully saturated rings. The van der Waals surface area contributed by atoms with E-state index in [1.165, 1.54) is 26.8 Å². The van der Waals surface area contributed by atoms with Gasteiger partial charge in [0.05, 0.1) is 23.4 Å². The molecule has 0 unspecified atom stereocenters. The third-order valence-electron chi connectivity index (χ3n) is 4.89. The van der Waals surface area contributed by atoms with E-state index in [9.17, 15) is 13.2 Å². The Bertz CT molecular complexity index is 1210. The number of carbonyl (C=O) groups excluding carboxylic acids is 1. The first-order valence-electron chi connectivity index (χ1n) is 10.3. The molecule has 0 aliphatic carbocycles. The standard InChI is InChI=1S/C21H26N6O4S2/c1-5-26(6-2)33(29,30)19-13-16(8-7-15(19)3)22-20(28)14-32-21-23-24-25-27(21)17-9-11-18(31-4)12-10-17/h7-13H,5-6,14H2,1-4H3,(H,22,28). The Labute approximate surface area is 197 Å². The van der Waals surface area contributed by atoms with Crippen LogP contribution < -0.4 is 10.1 Å². The van der Waals surface area contributed by atoms with Gasteiger partial charge in [-0.25, -0.2) is 8.42 Å². The van der Waals surface area contributed by atoms with Gasteiger partial charge in [0.2, 0.25) is 21.1 Å². The van der Waals surface area contributed by atoms with Crippen molar-refractivity contribution in [3.63, 3.8) is 0 Å². The molecule has 12 heteroatoms. The van der Waals surface area contributed by atoms with Crippen molar-refractivity contribution < 1.29 is 17.9 Å². The van der Waals surface area contributed by atoms with Gasteiger partial charge in [0.1, 0.15) is 5.75 Å². The lowest BCUT2D eigenvalue weighted by Gasteiger charge is -2.20. The number of nitrogens with one attached hydrogen (secondary N) is 1. The molecule has 2 aromatic carbocycles. The number of carbonyl (C=O) groups is 1. The van der Waals surface area contributed by atoms with E-state index in [2.05, 4.69) is 20.8 Å². The van der Waals surface area contributed by atoms with Crippen molar-refractivity contribution in [3.05, 3.63) is 48.0 Å². The van der Waals surface area contributed by atoms with Crippen molar-refractivity contribution >= 4 is 33.4 Å². The molecule has 0 saturated carbocycles. The summed E-state index contributed by atoms with van der Waals surface area (Å²) in [5, 5.41) is 14.9. The highest BCUT2D eigenvalue weighted by Crippen LogP contribution is 2.25. The monoisotopic (exact) mass is 490 g/mol. The van der Waals surface area contributed by atoms with E-state index >= 15 is 0 Å². The van der Waals surface area contributed by atoms with Crippen LogP contribution in [0.4, 0.5) is 5.69 Å². The summed E-state index contributed by atoms with van der Waals surface area (Å²) in [7, 11) is -2.06. The van der Waals surface area contributed by atoms with Gasteiger partial charge in [0.25, 0.3) is 0 Å². The summed E-state index contributed by atoms with van der Waals surface area (Å²) in [5.41, 5.74) is 1.76. The lowest BCUT2D eigenvalue weighted by atomic mass is 10.2. The number of ether oxygens (including phenoxy) is 1. The van der Waals surface area contributed by atoms with Crippen molar-refractivity contribution in [1.82, 2.24) is 24.5 Å². The van der Waals surface area contributed by atoms with E-state index in [1.54, 1.807) is 52.1 Å². The molecule has 1 aromatic heterocycles. The number of aryl methyl sites for hydroxylation is 1. The first-order chi connectivity index (χ1) is 15.8. The van der Waals surface area contributed by atoms with Crippen molar-refractivity contribution in [2.24, 2.45) is 0 Å². The second-order valence-electron chi connectivity index (χ2n) is 6.98. The second kappa shape index (κ2) is 10.8. The van der Waals surface area contributed by atoms with Crippen molar-refractivity contribution in [1.29, 1.82) is 0 Å². The zero-order chi connectivity index (χ0) is 24.0. The number of anilines is 1. The summed E-state index contributed by atoms with van der Waals surface area (Å²) in [6, 6.07) is 12.1. The number of hydrogen-bond donors (Lipinski definition) is 1. The topological polar surface area (TPSA) is 119 Å². The van der Waals surface area contributed by atoms with Crippen molar-refractivity contribution in [3.8, 4) is 11.4 Å². The highest BCUT2D eigenvalue weighted by atomic mass is 32.2. The summed E-state index contributed by atoms with van der Waals surface area (Å²) >= 11 is 1.17. The summed E-state index contributed by atoms with van der Waals surface area (Å²) in [6.45, 7) is 6.05. The maximum absolute atomic E-state index is 12.9. The highest BCUT2D eigenvalue weighted by molar-refractivity contribution is 7.99. The van der Waals surface area contributed by atoms with Gasteiger partial charge >= 0.3 is 0 Å². The van der Waals surface area contributed by atoms with E-state index in [0.717, 1.165) is 5.69 Å². The minimum atomic E-state index is -3.64. The van der Waals surface area contributed by atoms with E-state index < -0.39 is 10.0 Å². The van der Waals surface area contributed by atoms with Crippen LogP contribution in [0.5, 0.6) is 5.75 Å². The van der Waals surface area contributed by atoms with Gasteiger partial charge < -0.3 is 10.1 Å². The molecule has 3 aromatic rings. The van der Waals surface area contributed by atoms with Crippen LogP contribution in [-0.4, -0.2) is 64.8 Å². The van der Waals surface area contributed by atoms with Gasteiger partial charge in [-0.3, -0.25) is 4.79 Å². The molecule has 33 heavy (non-hydrogen) atoms. The molecule has 176 valence electrons. The number of aromatic nitrogens is 4. The fourth-order valence-electron chi connectivity index (χ4n) is 3.14. The number of benzene rings is 2. The average Bonchev–Trinajstić information content (AvgIpc) is 3.28. The molecule has 1 amide bonds. The van der Waals surface area contributed by atoms with Crippen LogP contribution in [0.15, 0.2) is 52.5 Å². The van der Waals surface area contributed by atoms with Gasteiger partial charge in [0.15, 0.2) is 0 Å². The van der Waals surface area contributed by atoms with Crippen LogP contribution >= 0.6 is 11.8 Å². The molecule has 0 aliphatic heterocycles. The Morgan fingerprint density at radius 2 is 1.85 bits per heavy atom. The molecule has 3 rings (SSSR count). The van der Waals surface area contributed by atoms with Gasteiger partial charge in [-0.15, -0.1) is 5.10 Å². The molecule has 0 radical (unpaired) electrons. The second-order valence-corrected chi connectivity index (χ2v) is 9.83. The summed E-state index contributed by atoms with van der Waals surface area (Å²) in [6.07, 6.45) is 0. The molecule has 0 atom stereocenters. The largest absolute Gasteiger partial charge is 0.497 e. The quantitative estimate of drug-likeness (QED) is 0.431. The molecule has 0 spiro atoms. The molecule has 0 aliphatic rings. The Balaban J connectivity index is 1.70. The van der Waals surface area contributed by atoms with Crippen LogP contribution in [0.3, 0.4) is 0 Å². The van der Waals surface area contributed by atoms with Crippen LogP contribution in [0.1, 0.15) is 19.4 Å². The molecule has 0 bridgehead atoms. The number of thioether (sulfide) groups is 1. The number of rotatable bonds is 10. The average molecular weight is 491 g/mol. The van der Waals surface area contributed by atoms with Crippen LogP contribution in [0.25, 0.3) is 5.69 Å². The normalized spacial score (nSPS) is 11.5. The van der Waals surface area contributed by atoms with Crippen LogP contribution in [0, 0.1) is 6.92 Å². The van der Waals surface area contributed by atoms with Gasteiger partial charge in [-0.2, -0.15) is 8.99 Å². The van der Waals surface area contributed by atoms with Gasteiger partial charge in [-0.1, -0.05) is 31.7 Å². The van der Waals surface area contributed by atoms with E-state index in [0.29, 0.717) is 35.2 Å². The first-order valence-corrected chi connectivity index (χ1v) is 12.7. The molecule has 1 N–H and O–H groups in total. The molecule has 10 nitrogen and oxygen atoms in total. The minimum absolute atomic E-state index is 0.0442. The van der Waals surface area contributed by atoms with Gasteiger partial charge in [-0.05, 0) is 59.3 Å². The Morgan fingerprint density at radius 3 is 2.48 bits per heavy atom. The molecule has 0 saturated heterocycles. The predicted octanol–water partition coefficient (Wildman–Crippen LogP) is 2.74. The molecular formula is C21H26N6O4S2. The van der Waals surface area contributed by atoms with E-state index in [1.807, 2.05) is 12.1 Å². The summed E-state index contributed by atoms with van der Waals surface area (Å²) in [5.74, 6) is 0.447. The highest BCUT2D eigenvalue weighted by Gasteiger charge is 2.24. The van der Waals surface area contributed by atoms with Crippen molar-refractivity contribution in [2.75, 3.05) is 31.3 Å². The fourth-order valence-corrected chi connectivity index (χ4v) is 5.54. The number of tetrazole rings is 1. The number of hydrogen-bond acceptors (Lipinski definition) is 8. The number of nitrogens with zero attached hydrogens (tertiary/aromatic N) is 5. The number of methoxy groups -OCH3 is 1. The maximum Gasteiger partial charge on any atom is 0.243 e. The lowest BCUT2D eigenvalue weighted by molar-refractivity contribution is -0.113. The Morgan fingerprint density at radius 1 is 1.15 bits per heavy atom. The Hall–Kier alpha value is -2.96. The SMILES string of the molecule is CCN(CC)S(=O)(=O)c1cc(NC(=O)CSc2nnnn2-c2ccc(OC)cc2)ccc1C. The van der Waals surface area contributed by atoms with Crippen LogP contribution in [-0.2, 0) is 14.8 Å². The fraction of sp³-hybridized carbons (Fsp3) is 0.333. The summed E-state index contributed by atoms with van der Waals surface area (Å²) < 4.78 is 33.9. The Kier molecular flexibility index (Phi) is 8.06. The molecule has 1 heterocycles. The van der Waals surface area contributed by atoms with Crippen molar-refractivity contribution in [2.45, 2.75) is 30.8 Å².